The molecule has 21 heavy (non-hydrogen) atoms. The summed E-state index contributed by atoms with van der Waals surface area (Å²) in [5.74, 6) is 0.842. The van der Waals surface area contributed by atoms with Crippen LogP contribution >= 0.6 is 0 Å². The van der Waals surface area contributed by atoms with Crippen LogP contribution in [0.5, 0.6) is 5.75 Å². The van der Waals surface area contributed by atoms with E-state index in [1.54, 1.807) is 7.11 Å². The van der Waals surface area contributed by atoms with Gasteiger partial charge in [0.1, 0.15) is 5.69 Å². The van der Waals surface area contributed by atoms with Crippen molar-refractivity contribution in [2.75, 3.05) is 20.8 Å². The average Bonchev–Trinajstić information content (AvgIpc) is 3.08. The van der Waals surface area contributed by atoms with Gasteiger partial charge in [-0.3, -0.25) is 4.68 Å². The standard InChI is InChI=1S/C16H29N3O2/c1-6-21-16(9-7-8-10-16)15(17-4)14-13(20-5)11-18-19(14)12(2)3/h11-12,15,17H,6-10H2,1-5H3. The summed E-state index contributed by atoms with van der Waals surface area (Å²) in [7, 11) is 3.71. The lowest BCUT2D eigenvalue weighted by Crippen LogP contribution is -2.44. The Hall–Kier alpha value is -1.07. The van der Waals surface area contributed by atoms with Crippen LogP contribution in [0.15, 0.2) is 6.20 Å². The zero-order chi connectivity index (χ0) is 15.5. The first kappa shape index (κ1) is 16.3. The average molecular weight is 295 g/mol. The van der Waals surface area contributed by atoms with Gasteiger partial charge in [0, 0.05) is 12.6 Å². The molecule has 0 radical (unpaired) electrons. The molecule has 0 aromatic carbocycles. The van der Waals surface area contributed by atoms with Crippen LogP contribution in [0.4, 0.5) is 0 Å². The molecule has 0 bridgehead atoms. The van der Waals surface area contributed by atoms with Gasteiger partial charge < -0.3 is 14.8 Å². The summed E-state index contributed by atoms with van der Waals surface area (Å²) in [6.07, 6.45) is 6.42. The Balaban J connectivity index is 2.47. The Bertz CT molecular complexity index is 450. The topological polar surface area (TPSA) is 48.3 Å². The van der Waals surface area contributed by atoms with Crippen LogP contribution in [-0.4, -0.2) is 36.1 Å². The number of ether oxygens (including phenoxy) is 2. The third-order valence-corrected chi connectivity index (χ3v) is 4.48. The van der Waals surface area contributed by atoms with Gasteiger partial charge in [-0.15, -0.1) is 0 Å². The summed E-state index contributed by atoms with van der Waals surface area (Å²) in [6, 6.07) is 0.389. The number of aromatic nitrogens is 2. The van der Waals surface area contributed by atoms with Crippen molar-refractivity contribution in [2.24, 2.45) is 0 Å². The molecule has 0 saturated heterocycles. The number of nitrogens with one attached hydrogen (secondary N) is 1. The number of likely N-dealkylation sites (N-methyl/N-ethyl adjacent to an activating group) is 1. The molecule has 0 amide bonds. The molecule has 1 aromatic heterocycles. The summed E-state index contributed by atoms with van der Waals surface area (Å²) in [6.45, 7) is 7.09. The number of hydrogen-bond donors (Lipinski definition) is 1. The largest absolute Gasteiger partial charge is 0.493 e. The van der Waals surface area contributed by atoms with Gasteiger partial charge in [-0.25, -0.2) is 0 Å². The number of nitrogens with zero attached hydrogens (tertiary/aromatic N) is 2. The van der Waals surface area contributed by atoms with Crippen LogP contribution in [-0.2, 0) is 4.74 Å². The van der Waals surface area contributed by atoms with Crippen LogP contribution in [0.25, 0.3) is 0 Å². The molecule has 0 aliphatic heterocycles. The maximum Gasteiger partial charge on any atom is 0.161 e. The number of rotatable bonds is 7. The second-order valence-corrected chi connectivity index (χ2v) is 6.06. The lowest BCUT2D eigenvalue weighted by atomic mass is 9.89. The van der Waals surface area contributed by atoms with Gasteiger partial charge in [-0.05, 0) is 40.7 Å². The van der Waals surface area contributed by atoms with Crippen molar-refractivity contribution in [3.63, 3.8) is 0 Å². The molecule has 1 aliphatic carbocycles. The van der Waals surface area contributed by atoms with Crippen LogP contribution < -0.4 is 10.1 Å². The lowest BCUT2D eigenvalue weighted by molar-refractivity contribution is -0.0634. The van der Waals surface area contributed by atoms with Gasteiger partial charge in [-0.2, -0.15) is 5.10 Å². The fourth-order valence-corrected chi connectivity index (χ4v) is 3.63. The Morgan fingerprint density at radius 1 is 1.38 bits per heavy atom. The number of hydrogen-bond acceptors (Lipinski definition) is 4. The van der Waals surface area contributed by atoms with E-state index < -0.39 is 0 Å². The predicted molar refractivity (Wildman–Crippen MR) is 83.8 cm³/mol. The van der Waals surface area contributed by atoms with Crippen LogP contribution in [0.1, 0.15) is 64.2 Å². The normalized spacial score (nSPS) is 19.1. The quantitative estimate of drug-likeness (QED) is 0.840. The molecule has 120 valence electrons. The highest BCUT2D eigenvalue weighted by atomic mass is 16.5. The van der Waals surface area contributed by atoms with Gasteiger partial charge in [0.05, 0.1) is 24.9 Å². The van der Waals surface area contributed by atoms with Gasteiger partial charge in [0.2, 0.25) is 0 Å². The molecular weight excluding hydrogens is 266 g/mol. The van der Waals surface area contributed by atoms with E-state index in [9.17, 15) is 0 Å². The van der Waals surface area contributed by atoms with Gasteiger partial charge >= 0.3 is 0 Å². The van der Waals surface area contributed by atoms with Crippen molar-refractivity contribution in [1.82, 2.24) is 15.1 Å². The predicted octanol–water partition coefficient (Wildman–Crippen LogP) is 3.08. The molecule has 1 N–H and O–H groups in total. The highest BCUT2D eigenvalue weighted by Crippen LogP contribution is 2.45. The van der Waals surface area contributed by atoms with E-state index >= 15 is 0 Å². The monoisotopic (exact) mass is 295 g/mol. The van der Waals surface area contributed by atoms with Crippen molar-refractivity contribution >= 4 is 0 Å². The minimum absolute atomic E-state index is 0.0970. The van der Waals surface area contributed by atoms with Crippen molar-refractivity contribution in [3.8, 4) is 5.75 Å². The SMILES string of the molecule is CCOC1(C(NC)c2c(OC)cnn2C(C)C)CCCC1. The van der Waals surface area contributed by atoms with Crippen LogP contribution in [0.3, 0.4) is 0 Å². The van der Waals surface area contributed by atoms with Crippen LogP contribution in [0.2, 0.25) is 0 Å². The molecule has 1 saturated carbocycles. The third kappa shape index (κ3) is 2.94. The second-order valence-electron chi connectivity index (χ2n) is 6.06. The highest BCUT2D eigenvalue weighted by molar-refractivity contribution is 5.31. The highest BCUT2D eigenvalue weighted by Gasteiger charge is 2.45. The summed E-state index contributed by atoms with van der Waals surface area (Å²) in [5.41, 5.74) is 0.953. The van der Waals surface area contributed by atoms with E-state index in [1.807, 2.05) is 13.2 Å². The maximum atomic E-state index is 6.24. The summed E-state index contributed by atoms with van der Waals surface area (Å²) < 4.78 is 13.9. The van der Waals surface area contributed by atoms with Gasteiger partial charge in [0.25, 0.3) is 0 Å². The smallest absolute Gasteiger partial charge is 0.161 e. The van der Waals surface area contributed by atoms with E-state index in [1.165, 1.54) is 12.8 Å². The Labute approximate surface area is 128 Å². The summed E-state index contributed by atoms with van der Waals surface area (Å²) in [4.78, 5) is 0. The van der Waals surface area contributed by atoms with Crippen molar-refractivity contribution in [1.29, 1.82) is 0 Å². The second kappa shape index (κ2) is 6.79. The van der Waals surface area contributed by atoms with Crippen molar-refractivity contribution in [3.05, 3.63) is 11.9 Å². The summed E-state index contributed by atoms with van der Waals surface area (Å²) in [5, 5.41) is 7.99. The molecule has 1 heterocycles. The summed E-state index contributed by atoms with van der Waals surface area (Å²) >= 11 is 0. The Kier molecular flexibility index (Phi) is 5.27. The molecule has 1 atom stereocenters. The van der Waals surface area contributed by atoms with E-state index in [-0.39, 0.29) is 11.6 Å². The van der Waals surface area contributed by atoms with Crippen LogP contribution in [0, 0.1) is 0 Å². The Morgan fingerprint density at radius 3 is 2.52 bits per heavy atom. The lowest BCUT2D eigenvalue weighted by Gasteiger charge is -2.38. The molecule has 1 unspecified atom stereocenters. The fourth-order valence-electron chi connectivity index (χ4n) is 3.63. The van der Waals surface area contributed by atoms with Crippen molar-refractivity contribution < 1.29 is 9.47 Å². The molecule has 5 nitrogen and oxygen atoms in total. The molecule has 1 aromatic rings. The number of methoxy groups -OCH3 is 1. The van der Waals surface area contributed by atoms with E-state index in [0.717, 1.165) is 30.9 Å². The first-order valence-electron chi connectivity index (χ1n) is 8.02. The molecule has 2 rings (SSSR count). The minimum Gasteiger partial charge on any atom is -0.493 e. The third-order valence-electron chi connectivity index (χ3n) is 4.48. The maximum absolute atomic E-state index is 6.24. The molecule has 1 aliphatic rings. The Morgan fingerprint density at radius 2 is 2.05 bits per heavy atom. The first-order chi connectivity index (χ1) is 10.1. The van der Waals surface area contributed by atoms with Crippen molar-refractivity contribution in [2.45, 2.75) is 64.1 Å². The van der Waals surface area contributed by atoms with Gasteiger partial charge in [0.15, 0.2) is 5.75 Å². The molecule has 1 fully saturated rings. The molecule has 5 heteroatoms. The molecular formula is C16H29N3O2. The zero-order valence-electron chi connectivity index (χ0n) is 14.0. The molecule has 0 spiro atoms. The van der Waals surface area contributed by atoms with E-state index in [4.69, 9.17) is 9.47 Å². The first-order valence-corrected chi connectivity index (χ1v) is 8.02. The fraction of sp³-hybridized carbons (Fsp3) is 0.812. The zero-order valence-corrected chi connectivity index (χ0v) is 14.0. The minimum atomic E-state index is -0.149. The van der Waals surface area contributed by atoms with Gasteiger partial charge in [-0.1, -0.05) is 12.8 Å². The van der Waals surface area contributed by atoms with E-state index in [0.29, 0.717) is 6.04 Å². The van der Waals surface area contributed by atoms with E-state index in [2.05, 4.69) is 35.9 Å².